The van der Waals surface area contributed by atoms with Crippen molar-refractivity contribution in [3.05, 3.63) is 21.9 Å². The van der Waals surface area contributed by atoms with E-state index in [1.54, 1.807) is 4.88 Å². The second-order valence-electron chi connectivity index (χ2n) is 7.19. The van der Waals surface area contributed by atoms with Crippen molar-refractivity contribution < 1.29 is 0 Å². The number of rotatable bonds is 2. The third kappa shape index (κ3) is 2.31. The molecular weight excluding hydrogens is 304 g/mol. The highest BCUT2D eigenvalue weighted by atomic mass is 79.9. The molecule has 2 aliphatic rings. The van der Waals surface area contributed by atoms with Gasteiger partial charge in [-0.3, -0.25) is 0 Å². The topological polar surface area (TPSA) is 0 Å². The van der Waals surface area contributed by atoms with Crippen LogP contribution < -0.4 is 0 Å². The maximum Gasteiger partial charge on any atom is 0.0520 e. The zero-order valence-electron chi connectivity index (χ0n) is 11.6. The molecule has 1 heterocycles. The van der Waals surface area contributed by atoms with Gasteiger partial charge in [0.05, 0.1) is 4.83 Å². The Balaban J connectivity index is 1.76. The largest absolute Gasteiger partial charge is 0.144 e. The van der Waals surface area contributed by atoms with Crippen LogP contribution in [0.3, 0.4) is 0 Å². The SMILES string of the molecule is CC(C)(C)c1ccc(C(Br)C2CC3CCC2C3)s1. The van der Waals surface area contributed by atoms with E-state index in [9.17, 15) is 0 Å². The van der Waals surface area contributed by atoms with Crippen LogP contribution in [-0.4, -0.2) is 0 Å². The fourth-order valence-electron chi connectivity index (χ4n) is 3.77. The van der Waals surface area contributed by atoms with E-state index >= 15 is 0 Å². The third-order valence-electron chi connectivity index (χ3n) is 4.81. The average molecular weight is 327 g/mol. The summed E-state index contributed by atoms with van der Waals surface area (Å²) in [4.78, 5) is 3.68. The van der Waals surface area contributed by atoms with Crippen molar-refractivity contribution in [1.29, 1.82) is 0 Å². The molecule has 2 saturated carbocycles. The Hall–Kier alpha value is 0.180. The van der Waals surface area contributed by atoms with Crippen LogP contribution >= 0.6 is 27.3 Å². The van der Waals surface area contributed by atoms with Gasteiger partial charge in [-0.2, -0.15) is 0 Å². The molecule has 100 valence electrons. The minimum atomic E-state index is 0.296. The first kappa shape index (κ1) is 13.2. The molecule has 2 aliphatic carbocycles. The van der Waals surface area contributed by atoms with Crippen molar-refractivity contribution in [1.82, 2.24) is 0 Å². The summed E-state index contributed by atoms with van der Waals surface area (Å²) < 4.78 is 0. The van der Waals surface area contributed by atoms with Crippen LogP contribution in [0.1, 0.15) is 61.0 Å². The standard InChI is InChI=1S/C16H23BrS/c1-16(2,3)14-7-6-13(18-14)15(17)12-9-10-4-5-11(12)8-10/h6-7,10-12,15H,4-5,8-9H2,1-3H3. The van der Waals surface area contributed by atoms with Gasteiger partial charge in [0.25, 0.3) is 0 Å². The molecule has 1 aromatic rings. The molecule has 0 aromatic carbocycles. The van der Waals surface area contributed by atoms with Crippen LogP contribution in [0.4, 0.5) is 0 Å². The zero-order chi connectivity index (χ0) is 12.9. The molecular formula is C16H23BrS. The lowest BCUT2D eigenvalue weighted by molar-refractivity contribution is 0.331. The predicted molar refractivity (Wildman–Crippen MR) is 83.6 cm³/mol. The van der Waals surface area contributed by atoms with Gasteiger partial charge in [-0.15, -0.1) is 11.3 Å². The van der Waals surface area contributed by atoms with Gasteiger partial charge in [0, 0.05) is 9.75 Å². The number of hydrogen-bond acceptors (Lipinski definition) is 1. The first-order valence-electron chi connectivity index (χ1n) is 7.19. The molecule has 0 amide bonds. The van der Waals surface area contributed by atoms with Crippen LogP contribution in [0, 0.1) is 17.8 Å². The Bertz CT molecular complexity index is 429. The Morgan fingerprint density at radius 1 is 1.22 bits per heavy atom. The quantitative estimate of drug-likeness (QED) is 0.592. The highest BCUT2D eigenvalue weighted by molar-refractivity contribution is 9.09. The van der Waals surface area contributed by atoms with Crippen molar-refractivity contribution in [2.24, 2.45) is 17.8 Å². The number of hydrogen-bond donors (Lipinski definition) is 0. The number of halogens is 1. The summed E-state index contributed by atoms with van der Waals surface area (Å²) in [7, 11) is 0. The Kier molecular flexibility index (Phi) is 3.39. The molecule has 0 aliphatic heterocycles. The number of thiophene rings is 1. The van der Waals surface area contributed by atoms with E-state index in [-0.39, 0.29) is 0 Å². The summed E-state index contributed by atoms with van der Waals surface area (Å²) >= 11 is 6.02. The normalized spacial score (nSPS) is 33.0. The van der Waals surface area contributed by atoms with E-state index in [2.05, 4.69) is 48.8 Å². The van der Waals surface area contributed by atoms with Gasteiger partial charge in [-0.1, -0.05) is 43.1 Å². The monoisotopic (exact) mass is 326 g/mol. The van der Waals surface area contributed by atoms with E-state index in [4.69, 9.17) is 0 Å². The van der Waals surface area contributed by atoms with Crippen LogP contribution in [0.15, 0.2) is 12.1 Å². The predicted octanol–water partition coefficient (Wildman–Crippen LogP) is 5.92. The van der Waals surface area contributed by atoms with Crippen LogP contribution in [0.5, 0.6) is 0 Å². The third-order valence-corrected chi connectivity index (χ3v) is 7.88. The minimum absolute atomic E-state index is 0.296. The molecule has 3 rings (SSSR count). The average Bonchev–Trinajstić information content (AvgIpc) is 3.02. The molecule has 2 heteroatoms. The van der Waals surface area contributed by atoms with Gasteiger partial charge in [-0.25, -0.2) is 0 Å². The molecule has 2 fully saturated rings. The Morgan fingerprint density at radius 2 is 2.00 bits per heavy atom. The van der Waals surface area contributed by atoms with Crippen LogP contribution in [0.2, 0.25) is 0 Å². The van der Waals surface area contributed by atoms with Crippen LogP contribution in [-0.2, 0) is 5.41 Å². The highest BCUT2D eigenvalue weighted by Crippen LogP contribution is 2.55. The molecule has 0 spiro atoms. The molecule has 2 bridgehead atoms. The van der Waals surface area contributed by atoms with E-state index in [1.807, 2.05) is 11.3 Å². The van der Waals surface area contributed by atoms with Gasteiger partial charge in [-0.05, 0) is 54.6 Å². The summed E-state index contributed by atoms with van der Waals surface area (Å²) in [5.41, 5.74) is 0.296. The fraction of sp³-hybridized carbons (Fsp3) is 0.750. The van der Waals surface area contributed by atoms with Gasteiger partial charge in [0.2, 0.25) is 0 Å². The van der Waals surface area contributed by atoms with Crippen molar-refractivity contribution in [2.75, 3.05) is 0 Å². The Labute approximate surface area is 123 Å². The van der Waals surface area contributed by atoms with Gasteiger partial charge in [0.15, 0.2) is 0 Å². The summed E-state index contributed by atoms with van der Waals surface area (Å²) in [5.74, 6) is 2.94. The second-order valence-corrected chi connectivity index (χ2v) is 9.29. The molecule has 1 aromatic heterocycles. The van der Waals surface area contributed by atoms with Crippen molar-refractivity contribution >= 4 is 27.3 Å². The molecule has 0 saturated heterocycles. The van der Waals surface area contributed by atoms with E-state index in [0.717, 1.165) is 17.8 Å². The number of fused-ring (bicyclic) bond motifs is 2. The summed E-state index contributed by atoms with van der Waals surface area (Å²) in [5, 5.41) is 0. The summed E-state index contributed by atoms with van der Waals surface area (Å²) in [6.45, 7) is 6.93. The van der Waals surface area contributed by atoms with Crippen molar-refractivity contribution in [2.45, 2.75) is 56.7 Å². The summed E-state index contributed by atoms with van der Waals surface area (Å²) in [6.07, 6.45) is 5.95. The molecule has 4 unspecified atom stereocenters. The minimum Gasteiger partial charge on any atom is -0.144 e. The lowest BCUT2D eigenvalue weighted by Crippen LogP contribution is -2.14. The fourth-order valence-corrected chi connectivity index (χ4v) is 5.97. The van der Waals surface area contributed by atoms with E-state index in [0.29, 0.717) is 10.2 Å². The molecule has 0 nitrogen and oxygen atoms in total. The molecule has 0 N–H and O–H groups in total. The first-order valence-corrected chi connectivity index (χ1v) is 8.92. The maximum absolute atomic E-state index is 4.01. The van der Waals surface area contributed by atoms with Crippen LogP contribution in [0.25, 0.3) is 0 Å². The highest BCUT2D eigenvalue weighted by Gasteiger charge is 2.43. The molecule has 4 atom stereocenters. The van der Waals surface area contributed by atoms with Gasteiger partial charge >= 0.3 is 0 Å². The van der Waals surface area contributed by atoms with E-state index in [1.165, 1.54) is 30.6 Å². The molecule has 18 heavy (non-hydrogen) atoms. The van der Waals surface area contributed by atoms with Gasteiger partial charge in [0.1, 0.15) is 0 Å². The maximum atomic E-state index is 4.01. The summed E-state index contributed by atoms with van der Waals surface area (Å²) in [6, 6.07) is 4.69. The van der Waals surface area contributed by atoms with E-state index < -0.39 is 0 Å². The van der Waals surface area contributed by atoms with Gasteiger partial charge < -0.3 is 0 Å². The van der Waals surface area contributed by atoms with Crippen molar-refractivity contribution in [3.63, 3.8) is 0 Å². The number of alkyl halides is 1. The smallest absolute Gasteiger partial charge is 0.0520 e. The Morgan fingerprint density at radius 3 is 2.50 bits per heavy atom. The van der Waals surface area contributed by atoms with Crippen molar-refractivity contribution in [3.8, 4) is 0 Å². The molecule has 0 radical (unpaired) electrons. The second kappa shape index (κ2) is 4.63. The first-order chi connectivity index (χ1) is 8.45. The lowest BCUT2D eigenvalue weighted by Gasteiger charge is -2.26. The lowest BCUT2D eigenvalue weighted by atomic mass is 9.86. The zero-order valence-corrected chi connectivity index (χ0v) is 14.0.